The van der Waals surface area contributed by atoms with Crippen molar-refractivity contribution in [2.45, 2.75) is 104 Å². The molecule has 0 aliphatic heterocycles. The normalized spacial score (nSPS) is 10.9. The second kappa shape index (κ2) is 20.2. The van der Waals surface area contributed by atoms with Crippen LogP contribution < -0.4 is 0 Å². The van der Waals surface area contributed by atoms with Crippen molar-refractivity contribution in [3.05, 3.63) is 24.3 Å². The maximum absolute atomic E-state index is 11.5. The summed E-state index contributed by atoms with van der Waals surface area (Å²) in [6.45, 7) is 8.55. The van der Waals surface area contributed by atoms with Crippen LogP contribution in [0.1, 0.15) is 104 Å². The van der Waals surface area contributed by atoms with E-state index in [1.165, 1.54) is 70.6 Å². The molecule has 0 heterocycles. The molecule has 0 rings (SSSR count). The van der Waals surface area contributed by atoms with E-state index in [1.807, 2.05) is 6.92 Å². The largest absolute Gasteiger partial charge is 0.463 e. The summed E-state index contributed by atoms with van der Waals surface area (Å²) in [5, 5.41) is 0. The van der Waals surface area contributed by atoms with Gasteiger partial charge in [0.25, 0.3) is 0 Å². The quantitative estimate of drug-likeness (QED) is 0.106. The highest BCUT2D eigenvalue weighted by Gasteiger charge is 2.01. The first-order valence-electron chi connectivity index (χ1n) is 11.2. The minimum Gasteiger partial charge on any atom is -0.463 e. The van der Waals surface area contributed by atoms with Gasteiger partial charge in [0.15, 0.2) is 0 Å². The predicted molar refractivity (Wildman–Crippen MR) is 116 cm³/mol. The molecule has 0 N–H and O–H groups in total. The van der Waals surface area contributed by atoms with E-state index >= 15 is 0 Å². The maximum atomic E-state index is 11.5. The number of unbranched alkanes of at least 4 members (excludes halogenated alkanes) is 12. The fraction of sp³-hybridized carbons (Fsp3) is 0.750. The molecule has 0 unspecified atom stereocenters. The average Bonchev–Trinajstić information content (AvgIpc) is 2.66. The highest BCUT2D eigenvalue weighted by molar-refractivity contribution is 5.91. The Morgan fingerprint density at radius 2 is 1.07 bits per heavy atom. The van der Waals surface area contributed by atoms with E-state index < -0.39 is 11.9 Å². The molecule has 0 atom stereocenters. The van der Waals surface area contributed by atoms with Crippen LogP contribution in [-0.2, 0) is 19.1 Å². The molecule has 0 spiro atoms. The van der Waals surface area contributed by atoms with Crippen molar-refractivity contribution in [1.82, 2.24) is 0 Å². The van der Waals surface area contributed by atoms with Crippen LogP contribution in [0, 0.1) is 0 Å². The van der Waals surface area contributed by atoms with Crippen LogP contribution in [0.15, 0.2) is 24.3 Å². The molecule has 0 radical (unpaired) electrons. The predicted octanol–water partition coefficient (Wildman–Crippen LogP) is 6.69. The fourth-order valence-corrected chi connectivity index (χ4v) is 2.85. The number of carbonyl (C=O) groups excluding carboxylic acids is 2. The Morgan fingerprint density at radius 1 is 0.679 bits per heavy atom. The van der Waals surface area contributed by atoms with Gasteiger partial charge < -0.3 is 9.47 Å². The van der Waals surface area contributed by atoms with Gasteiger partial charge in [0.1, 0.15) is 0 Å². The van der Waals surface area contributed by atoms with Crippen LogP contribution in [0.4, 0.5) is 0 Å². The molecule has 4 heteroatoms. The summed E-state index contributed by atoms with van der Waals surface area (Å²) in [6, 6.07) is 0. The lowest BCUT2D eigenvalue weighted by Gasteiger charge is -2.04. The molecule has 0 saturated carbocycles. The lowest BCUT2D eigenvalue weighted by Crippen LogP contribution is -2.06. The van der Waals surface area contributed by atoms with E-state index in [9.17, 15) is 9.59 Å². The number of ether oxygens (including phenoxy) is 2. The zero-order valence-corrected chi connectivity index (χ0v) is 18.3. The molecule has 0 aliphatic rings. The summed E-state index contributed by atoms with van der Waals surface area (Å²) in [4.78, 5) is 22.9. The molecular weight excluding hydrogens is 352 g/mol. The second-order valence-corrected chi connectivity index (χ2v) is 7.62. The monoisotopic (exact) mass is 394 g/mol. The third-order valence-electron chi connectivity index (χ3n) is 4.62. The first-order chi connectivity index (χ1) is 13.6. The summed E-state index contributed by atoms with van der Waals surface area (Å²) in [5.41, 5.74) is 0.953. The number of rotatable bonds is 19. The standard InChI is InChI=1S/C24H42O4/c1-4-5-6-7-8-9-10-11-12-13-14-15-16-20-27-23(25)17-18-24(26)28-21-19-22(2)3/h17-18H,2,4-16,19-21H2,1,3H3/b18-17+. The van der Waals surface area contributed by atoms with Crippen LogP contribution >= 0.6 is 0 Å². The van der Waals surface area contributed by atoms with Crippen molar-refractivity contribution in [3.63, 3.8) is 0 Å². The van der Waals surface area contributed by atoms with E-state index in [0.717, 1.165) is 30.6 Å². The van der Waals surface area contributed by atoms with Gasteiger partial charge in [-0.25, -0.2) is 9.59 Å². The molecular formula is C24H42O4. The molecule has 4 nitrogen and oxygen atoms in total. The van der Waals surface area contributed by atoms with E-state index in [0.29, 0.717) is 13.0 Å². The number of hydrogen-bond donors (Lipinski definition) is 0. The summed E-state index contributed by atoms with van der Waals surface area (Å²) >= 11 is 0. The van der Waals surface area contributed by atoms with Crippen LogP contribution in [0.3, 0.4) is 0 Å². The average molecular weight is 395 g/mol. The lowest BCUT2D eigenvalue weighted by atomic mass is 10.0. The Hall–Kier alpha value is -1.58. The summed E-state index contributed by atoms with van der Waals surface area (Å²) in [5.74, 6) is -1.02. The van der Waals surface area contributed by atoms with Gasteiger partial charge in [-0.3, -0.25) is 0 Å². The van der Waals surface area contributed by atoms with Crippen molar-refractivity contribution in [1.29, 1.82) is 0 Å². The minimum atomic E-state index is -0.529. The van der Waals surface area contributed by atoms with Gasteiger partial charge in [-0.1, -0.05) is 89.5 Å². The molecule has 28 heavy (non-hydrogen) atoms. The lowest BCUT2D eigenvalue weighted by molar-refractivity contribution is -0.140. The highest BCUT2D eigenvalue weighted by atomic mass is 16.5. The molecule has 0 aromatic heterocycles. The van der Waals surface area contributed by atoms with Crippen LogP contribution in [0.25, 0.3) is 0 Å². The van der Waals surface area contributed by atoms with Crippen molar-refractivity contribution >= 4 is 11.9 Å². The van der Waals surface area contributed by atoms with Gasteiger partial charge in [0.2, 0.25) is 0 Å². The third kappa shape index (κ3) is 20.7. The second-order valence-electron chi connectivity index (χ2n) is 7.62. The Morgan fingerprint density at radius 3 is 1.50 bits per heavy atom. The Balaban J connectivity index is 3.37. The number of esters is 2. The summed E-state index contributed by atoms with van der Waals surface area (Å²) in [7, 11) is 0. The van der Waals surface area contributed by atoms with E-state index in [2.05, 4.69) is 13.5 Å². The van der Waals surface area contributed by atoms with E-state index in [-0.39, 0.29) is 6.61 Å². The molecule has 0 fully saturated rings. The van der Waals surface area contributed by atoms with Gasteiger partial charge in [0.05, 0.1) is 13.2 Å². The summed E-state index contributed by atoms with van der Waals surface area (Å²) in [6.07, 6.45) is 19.6. The SMILES string of the molecule is C=C(C)CCOC(=O)/C=C/C(=O)OCCCCCCCCCCCCCCC. The Labute approximate surface area is 172 Å². The number of carbonyl (C=O) groups is 2. The van der Waals surface area contributed by atoms with Crippen LogP contribution in [0.5, 0.6) is 0 Å². The zero-order chi connectivity index (χ0) is 20.9. The van der Waals surface area contributed by atoms with E-state index in [1.54, 1.807) is 0 Å². The highest BCUT2D eigenvalue weighted by Crippen LogP contribution is 2.12. The van der Waals surface area contributed by atoms with Crippen LogP contribution in [-0.4, -0.2) is 25.2 Å². The maximum Gasteiger partial charge on any atom is 0.331 e. The van der Waals surface area contributed by atoms with E-state index in [4.69, 9.17) is 9.47 Å². The van der Waals surface area contributed by atoms with Gasteiger partial charge in [-0.2, -0.15) is 0 Å². The zero-order valence-electron chi connectivity index (χ0n) is 18.3. The van der Waals surface area contributed by atoms with Gasteiger partial charge in [0, 0.05) is 18.6 Å². The molecule has 0 saturated heterocycles. The molecule has 0 aromatic rings. The van der Waals surface area contributed by atoms with Crippen molar-refractivity contribution < 1.29 is 19.1 Å². The van der Waals surface area contributed by atoms with Gasteiger partial charge in [-0.05, 0) is 13.3 Å². The molecule has 162 valence electrons. The summed E-state index contributed by atoms with van der Waals surface area (Å²) < 4.78 is 10.0. The van der Waals surface area contributed by atoms with Gasteiger partial charge in [-0.15, -0.1) is 6.58 Å². The minimum absolute atomic E-state index is 0.284. The van der Waals surface area contributed by atoms with Crippen LogP contribution in [0.2, 0.25) is 0 Å². The number of hydrogen-bond acceptors (Lipinski definition) is 4. The molecule has 0 bridgehead atoms. The molecule has 0 aliphatic carbocycles. The van der Waals surface area contributed by atoms with Gasteiger partial charge >= 0.3 is 11.9 Å². The first-order valence-corrected chi connectivity index (χ1v) is 11.2. The van der Waals surface area contributed by atoms with Crippen molar-refractivity contribution in [3.8, 4) is 0 Å². The first kappa shape index (κ1) is 26.4. The molecule has 0 aromatic carbocycles. The Kier molecular flexibility index (Phi) is 19.0. The molecule has 0 amide bonds. The smallest absolute Gasteiger partial charge is 0.331 e. The van der Waals surface area contributed by atoms with Crippen molar-refractivity contribution in [2.75, 3.05) is 13.2 Å². The Bertz CT molecular complexity index is 440. The van der Waals surface area contributed by atoms with Crippen molar-refractivity contribution in [2.24, 2.45) is 0 Å². The topological polar surface area (TPSA) is 52.6 Å². The third-order valence-corrected chi connectivity index (χ3v) is 4.62. The fourth-order valence-electron chi connectivity index (χ4n) is 2.85.